The van der Waals surface area contributed by atoms with E-state index in [9.17, 15) is 17.6 Å². The van der Waals surface area contributed by atoms with Crippen molar-refractivity contribution < 1.29 is 22.3 Å². The van der Waals surface area contributed by atoms with Crippen molar-refractivity contribution in [3.05, 3.63) is 53.8 Å². The standard InChI is InChI=1S/C20H23FN2O4S/c1-2-27-19-10-6-5-9-18(19)22-20(24)16-13-15(11-12-17(16)21)28(25,26)23-14-7-3-4-8-14/h5-6,9-14,23H,2-4,7-8H2,1H3,(H,22,24). The average molecular weight is 406 g/mol. The van der Waals surface area contributed by atoms with E-state index in [0.29, 0.717) is 18.0 Å². The fourth-order valence-corrected chi connectivity index (χ4v) is 4.55. The van der Waals surface area contributed by atoms with E-state index in [4.69, 9.17) is 4.74 Å². The van der Waals surface area contributed by atoms with Gasteiger partial charge in [0.15, 0.2) is 0 Å². The van der Waals surface area contributed by atoms with Gasteiger partial charge in [0.1, 0.15) is 11.6 Å². The van der Waals surface area contributed by atoms with Gasteiger partial charge >= 0.3 is 0 Å². The molecule has 2 aromatic rings. The summed E-state index contributed by atoms with van der Waals surface area (Å²) in [6.45, 7) is 2.21. The lowest BCUT2D eigenvalue weighted by Gasteiger charge is -2.14. The topological polar surface area (TPSA) is 84.5 Å². The van der Waals surface area contributed by atoms with Crippen molar-refractivity contribution in [3.8, 4) is 5.75 Å². The normalized spacial score (nSPS) is 14.8. The van der Waals surface area contributed by atoms with Gasteiger partial charge < -0.3 is 10.1 Å². The number of hydrogen-bond acceptors (Lipinski definition) is 4. The van der Waals surface area contributed by atoms with E-state index in [1.807, 2.05) is 6.92 Å². The van der Waals surface area contributed by atoms with Crippen molar-refractivity contribution in [1.29, 1.82) is 0 Å². The summed E-state index contributed by atoms with van der Waals surface area (Å²) < 4.78 is 47.5. The van der Waals surface area contributed by atoms with Crippen LogP contribution in [0.2, 0.25) is 0 Å². The van der Waals surface area contributed by atoms with Crippen molar-refractivity contribution in [2.45, 2.75) is 43.5 Å². The zero-order valence-corrected chi connectivity index (χ0v) is 16.4. The van der Waals surface area contributed by atoms with Gasteiger partial charge in [-0.25, -0.2) is 17.5 Å². The number of carbonyl (C=O) groups is 1. The van der Waals surface area contributed by atoms with Crippen LogP contribution in [-0.4, -0.2) is 27.0 Å². The number of halogens is 1. The molecule has 0 aliphatic heterocycles. The van der Waals surface area contributed by atoms with Crippen molar-refractivity contribution in [3.63, 3.8) is 0 Å². The van der Waals surface area contributed by atoms with Crippen LogP contribution in [0.1, 0.15) is 43.0 Å². The molecule has 150 valence electrons. The second-order valence-corrected chi connectivity index (χ2v) is 8.34. The molecule has 1 saturated carbocycles. The smallest absolute Gasteiger partial charge is 0.258 e. The molecule has 0 saturated heterocycles. The van der Waals surface area contributed by atoms with E-state index in [1.165, 1.54) is 0 Å². The van der Waals surface area contributed by atoms with E-state index < -0.39 is 21.7 Å². The number of amides is 1. The number of anilines is 1. The number of ether oxygens (including phenoxy) is 1. The summed E-state index contributed by atoms with van der Waals surface area (Å²) in [6, 6.07) is 9.87. The maximum atomic E-state index is 14.3. The van der Waals surface area contributed by atoms with E-state index in [-0.39, 0.29) is 16.5 Å². The Balaban J connectivity index is 1.84. The molecule has 0 aromatic heterocycles. The number of sulfonamides is 1. The molecule has 28 heavy (non-hydrogen) atoms. The fourth-order valence-electron chi connectivity index (χ4n) is 3.22. The highest BCUT2D eigenvalue weighted by molar-refractivity contribution is 7.89. The zero-order valence-electron chi connectivity index (χ0n) is 15.6. The maximum Gasteiger partial charge on any atom is 0.258 e. The first-order valence-corrected chi connectivity index (χ1v) is 10.7. The number of benzene rings is 2. The van der Waals surface area contributed by atoms with Gasteiger partial charge in [-0.2, -0.15) is 0 Å². The van der Waals surface area contributed by atoms with Crippen LogP contribution in [0.3, 0.4) is 0 Å². The Hall–Kier alpha value is -2.45. The summed E-state index contributed by atoms with van der Waals surface area (Å²) in [6.07, 6.45) is 3.51. The number of carbonyl (C=O) groups excluding carboxylic acids is 1. The summed E-state index contributed by atoms with van der Waals surface area (Å²) in [5.41, 5.74) is 0.0340. The minimum Gasteiger partial charge on any atom is -0.492 e. The summed E-state index contributed by atoms with van der Waals surface area (Å²) in [5, 5.41) is 2.59. The van der Waals surface area contributed by atoms with Gasteiger partial charge in [0, 0.05) is 6.04 Å². The Morgan fingerprint density at radius 3 is 2.61 bits per heavy atom. The zero-order chi connectivity index (χ0) is 20.1. The summed E-state index contributed by atoms with van der Waals surface area (Å²) in [4.78, 5) is 12.5. The SMILES string of the molecule is CCOc1ccccc1NC(=O)c1cc(S(=O)(=O)NC2CCCC2)ccc1F. The van der Waals surface area contributed by atoms with Crippen molar-refractivity contribution >= 4 is 21.6 Å². The predicted molar refractivity (Wildman–Crippen MR) is 105 cm³/mol. The van der Waals surface area contributed by atoms with Crippen LogP contribution in [0.15, 0.2) is 47.4 Å². The Morgan fingerprint density at radius 1 is 1.18 bits per heavy atom. The number of hydrogen-bond donors (Lipinski definition) is 2. The lowest BCUT2D eigenvalue weighted by Crippen LogP contribution is -2.32. The molecule has 0 spiro atoms. The average Bonchev–Trinajstić information content (AvgIpc) is 3.16. The summed E-state index contributed by atoms with van der Waals surface area (Å²) in [5.74, 6) is -1.10. The van der Waals surface area contributed by atoms with Gasteiger partial charge in [-0.05, 0) is 50.1 Å². The first-order chi connectivity index (χ1) is 13.4. The Labute approximate surface area is 164 Å². The maximum absolute atomic E-state index is 14.3. The second kappa shape index (κ2) is 8.70. The van der Waals surface area contributed by atoms with E-state index >= 15 is 0 Å². The number of rotatable bonds is 7. The molecule has 0 unspecified atom stereocenters. The Bertz CT molecular complexity index is 956. The Morgan fingerprint density at radius 2 is 1.89 bits per heavy atom. The quantitative estimate of drug-likeness (QED) is 0.734. The minimum absolute atomic E-state index is 0.120. The minimum atomic E-state index is -3.83. The van der Waals surface area contributed by atoms with Crippen molar-refractivity contribution in [2.75, 3.05) is 11.9 Å². The molecule has 1 aliphatic carbocycles. The molecular formula is C20H23FN2O4S. The molecule has 0 heterocycles. The molecule has 6 nitrogen and oxygen atoms in total. The molecule has 2 aromatic carbocycles. The lowest BCUT2D eigenvalue weighted by atomic mass is 10.2. The monoisotopic (exact) mass is 406 g/mol. The van der Waals surface area contributed by atoms with Crippen LogP contribution in [0, 0.1) is 5.82 Å². The first kappa shape index (κ1) is 20.3. The fraction of sp³-hybridized carbons (Fsp3) is 0.350. The summed E-state index contributed by atoms with van der Waals surface area (Å²) in [7, 11) is -3.83. The van der Waals surface area contributed by atoms with Crippen LogP contribution in [0.25, 0.3) is 0 Å². The highest BCUT2D eigenvalue weighted by Crippen LogP contribution is 2.26. The molecule has 0 radical (unpaired) electrons. The third-order valence-corrected chi connectivity index (χ3v) is 6.12. The third-order valence-electron chi connectivity index (χ3n) is 4.60. The molecule has 2 N–H and O–H groups in total. The van der Waals surface area contributed by atoms with Gasteiger partial charge in [0.25, 0.3) is 5.91 Å². The molecule has 0 bridgehead atoms. The van der Waals surface area contributed by atoms with Gasteiger partial charge in [0.05, 0.1) is 22.8 Å². The molecule has 0 atom stereocenters. The molecule has 1 aliphatic rings. The summed E-state index contributed by atoms with van der Waals surface area (Å²) >= 11 is 0. The predicted octanol–water partition coefficient (Wildman–Crippen LogP) is 3.70. The third kappa shape index (κ3) is 4.69. The van der Waals surface area contributed by atoms with Gasteiger partial charge in [-0.1, -0.05) is 25.0 Å². The highest BCUT2D eigenvalue weighted by Gasteiger charge is 2.25. The van der Waals surface area contributed by atoms with Gasteiger partial charge in [-0.3, -0.25) is 4.79 Å². The van der Waals surface area contributed by atoms with Crippen molar-refractivity contribution in [2.24, 2.45) is 0 Å². The molecular weight excluding hydrogens is 383 g/mol. The lowest BCUT2D eigenvalue weighted by molar-refractivity contribution is 0.102. The molecule has 3 rings (SSSR count). The second-order valence-electron chi connectivity index (χ2n) is 6.63. The number of nitrogens with one attached hydrogen (secondary N) is 2. The van der Waals surface area contributed by atoms with Crippen LogP contribution in [0.5, 0.6) is 5.75 Å². The van der Waals surface area contributed by atoms with Crippen LogP contribution < -0.4 is 14.8 Å². The van der Waals surface area contributed by atoms with Crippen LogP contribution >= 0.6 is 0 Å². The van der Waals surface area contributed by atoms with E-state index in [1.54, 1.807) is 24.3 Å². The molecule has 1 amide bonds. The molecule has 1 fully saturated rings. The highest BCUT2D eigenvalue weighted by atomic mass is 32.2. The van der Waals surface area contributed by atoms with Crippen LogP contribution in [0.4, 0.5) is 10.1 Å². The van der Waals surface area contributed by atoms with E-state index in [0.717, 1.165) is 43.9 Å². The largest absolute Gasteiger partial charge is 0.492 e. The Kier molecular flexibility index (Phi) is 6.31. The number of para-hydroxylation sites is 2. The van der Waals surface area contributed by atoms with Gasteiger partial charge in [-0.15, -0.1) is 0 Å². The van der Waals surface area contributed by atoms with Crippen molar-refractivity contribution in [1.82, 2.24) is 4.72 Å². The first-order valence-electron chi connectivity index (χ1n) is 9.26. The van der Waals surface area contributed by atoms with Gasteiger partial charge in [0.2, 0.25) is 10.0 Å². The van der Waals surface area contributed by atoms with Crippen LogP contribution in [-0.2, 0) is 10.0 Å². The molecule has 8 heteroatoms. The van der Waals surface area contributed by atoms with E-state index in [2.05, 4.69) is 10.0 Å².